The van der Waals surface area contributed by atoms with Crippen LogP contribution in [0.3, 0.4) is 0 Å². The van der Waals surface area contributed by atoms with E-state index >= 15 is 0 Å². The molecule has 1 aromatic heterocycles. The van der Waals surface area contributed by atoms with E-state index in [-0.39, 0.29) is 11.6 Å². The van der Waals surface area contributed by atoms with E-state index in [0.29, 0.717) is 29.2 Å². The van der Waals surface area contributed by atoms with Crippen LogP contribution in [-0.2, 0) is 6.54 Å². The molecule has 24 heavy (non-hydrogen) atoms. The molecule has 6 nitrogen and oxygen atoms in total. The zero-order valence-electron chi connectivity index (χ0n) is 13.2. The second-order valence-corrected chi connectivity index (χ2v) is 5.23. The maximum Gasteiger partial charge on any atom is 0.204 e. The molecule has 0 amide bonds. The fourth-order valence-electron chi connectivity index (χ4n) is 2.30. The first kappa shape index (κ1) is 15.8. The number of tetrazole rings is 1. The number of ketones is 1. The predicted octanol–water partition coefficient (Wildman–Crippen LogP) is 2.74. The Kier molecular flexibility index (Phi) is 4.33. The highest BCUT2D eigenvalue weighted by Gasteiger charge is 2.11. The topological polar surface area (TPSA) is 69.9 Å². The summed E-state index contributed by atoms with van der Waals surface area (Å²) in [5.74, 6) is 0.687. The number of nitrogens with zero attached hydrogens (tertiary/aromatic N) is 4. The SMILES string of the molecule is COc1ccc(C(C)=O)cc1Cn1nnc(-c2ccc(F)cc2)n1. The molecule has 3 rings (SSSR count). The van der Waals surface area contributed by atoms with Gasteiger partial charge in [0, 0.05) is 16.7 Å². The molecule has 2 aromatic carbocycles. The van der Waals surface area contributed by atoms with Gasteiger partial charge in [0.2, 0.25) is 5.82 Å². The molecule has 0 N–H and O–H groups in total. The van der Waals surface area contributed by atoms with Gasteiger partial charge in [-0.25, -0.2) is 4.39 Å². The third-order valence-corrected chi connectivity index (χ3v) is 3.55. The number of ether oxygens (including phenoxy) is 1. The minimum Gasteiger partial charge on any atom is -0.496 e. The quantitative estimate of drug-likeness (QED) is 0.674. The predicted molar refractivity (Wildman–Crippen MR) is 85.3 cm³/mol. The van der Waals surface area contributed by atoms with Crippen molar-refractivity contribution < 1.29 is 13.9 Å². The Balaban J connectivity index is 1.88. The molecular weight excluding hydrogens is 311 g/mol. The molecule has 122 valence electrons. The third-order valence-electron chi connectivity index (χ3n) is 3.55. The van der Waals surface area contributed by atoms with Crippen molar-refractivity contribution in [2.75, 3.05) is 7.11 Å². The van der Waals surface area contributed by atoms with Crippen molar-refractivity contribution in [1.29, 1.82) is 0 Å². The summed E-state index contributed by atoms with van der Waals surface area (Å²) in [6.45, 7) is 1.81. The highest BCUT2D eigenvalue weighted by atomic mass is 19.1. The van der Waals surface area contributed by atoms with E-state index in [9.17, 15) is 9.18 Å². The van der Waals surface area contributed by atoms with Crippen LogP contribution in [0.2, 0.25) is 0 Å². The van der Waals surface area contributed by atoms with Crippen molar-refractivity contribution in [1.82, 2.24) is 20.2 Å². The molecule has 0 fully saturated rings. The van der Waals surface area contributed by atoms with Crippen molar-refractivity contribution >= 4 is 5.78 Å². The fraction of sp³-hybridized carbons (Fsp3) is 0.176. The summed E-state index contributed by atoms with van der Waals surface area (Å²) in [5, 5.41) is 12.3. The number of Topliss-reactive ketones (excluding diaryl/α,β-unsaturated/α-hetero) is 1. The van der Waals surface area contributed by atoms with Crippen LogP contribution in [0.15, 0.2) is 42.5 Å². The number of carbonyl (C=O) groups is 1. The lowest BCUT2D eigenvalue weighted by molar-refractivity contribution is 0.101. The van der Waals surface area contributed by atoms with Crippen LogP contribution in [0.4, 0.5) is 4.39 Å². The number of carbonyl (C=O) groups excluding carboxylic acids is 1. The molecule has 0 saturated carbocycles. The van der Waals surface area contributed by atoms with Gasteiger partial charge in [0.05, 0.1) is 13.7 Å². The van der Waals surface area contributed by atoms with Crippen LogP contribution in [0.25, 0.3) is 11.4 Å². The Morgan fingerprint density at radius 3 is 2.62 bits per heavy atom. The maximum atomic E-state index is 13.0. The molecule has 0 aliphatic rings. The first-order chi connectivity index (χ1) is 11.6. The average molecular weight is 326 g/mol. The summed E-state index contributed by atoms with van der Waals surface area (Å²) in [7, 11) is 1.56. The molecule has 0 saturated heterocycles. The molecule has 0 bridgehead atoms. The lowest BCUT2D eigenvalue weighted by Gasteiger charge is -2.09. The Morgan fingerprint density at radius 1 is 1.21 bits per heavy atom. The summed E-state index contributed by atoms with van der Waals surface area (Å²) in [4.78, 5) is 12.9. The summed E-state index contributed by atoms with van der Waals surface area (Å²) in [6.07, 6.45) is 0. The van der Waals surface area contributed by atoms with E-state index in [1.165, 1.54) is 23.9 Å². The van der Waals surface area contributed by atoms with E-state index in [2.05, 4.69) is 15.4 Å². The highest BCUT2D eigenvalue weighted by molar-refractivity contribution is 5.94. The minimum absolute atomic E-state index is 0.0301. The van der Waals surface area contributed by atoms with Gasteiger partial charge in [-0.2, -0.15) is 4.80 Å². The maximum absolute atomic E-state index is 13.0. The Bertz CT molecular complexity index is 875. The van der Waals surface area contributed by atoms with Gasteiger partial charge >= 0.3 is 0 Å². The van der Waals surface area contributed by atoms with Crippen LogP contribution in [0.1, 0.15) is 22.8 Å². The molecule has 0 spiro atoms. The van der Waals surface area contributed by atoms with Crippen LogP contribution in [0.5, 0.6) is 5.75 Å². The second kappa shape index (κ2) is 6.57. The Labute approximate surface area is 137 Å². The standard InChI is InChI=1S/C17H15FN4O2/c1-11(23)13-5-8-16(24-2)14(9-13)10-22-20-17(19-21-22)12-3-6-15(18)7-4-12/h3-9H,10H2,1-2H3. The number of rotatable bonds is 5. The first-order valence-corrected chi connectivity index (χ1v) is 7.28. The molecule has 0 unspecified atom stereocenters. The van der Waals surface area contributed by atoms with Gasteiger partial charge < -0.3 is 4.74 Å². The number of methoxy groups -OCH3 is 1. The summed E-state index contributed by atoms with van der Waals surface area (Å²) < 4.78 is 18.3. The van der Waals surface area contributed by atoms with E-state index in [1.807, 2.05) is 0 Å². The summed E-state index contributed by atoms with van der Waals surface area (Å²) in [5.41, 5.74) is 2.03. The molecule has 0 atom stereocenters. The average Bonchev–Trinajstić information content (AvgIpc) is 3.04. The van der Waals surface area contributed by atoms with Gasteiger partial charge in [0.15, 0.2) is 5.78 Å². The second-order valence-electron chi connectivity index (χ2n) is 5.23. The first-order valence-electron chi connectivity index (χ1n) is 7.28. The normalized spacial score (nSPS) is 10.6. The van der Waals surface area contributed by atoms with Crippen molar-refractivity contribution in [3.05, 3.63) is 59.4 Å². The van der Waals surface area contributed by atoms with E-state index in [4.69, 9.17) is 4.74 Å². The molecule has 0 aliphatic heterocycles. The zero-order valence-corrected chi connectivity index (χ0v) is 13.2. The monoisotopic (exact) mass is 326 g/mol. The van der Waals surface area contributed by atoms with Gasteiger partial charge in [0.25, 0.3) is 0 Å². The Hall–Kier alpha value is -3.09. The number of halogens is 1. The van der Waals surface area contributed by atoms with Crippen LogP contribution in [-0.4, -0.2) is 33.1 Å². The number of hydrogen-bond donors (Lipinski definition) is 0. The van der Waals surface area contributed by atoms with Crippen molar-refractivity contribution in [2.45, 2.75) is 13.5 Å². The molecule has 0 radical (unpaired) electrons. The van der Waals surface area contributed by atoms with Crippen LogP contribution in [0, 0.1) is 5.82 Å². The van der Waals surface area contributed by atoms with E-state index in [0.717, 1.165) is 5.56 Å². The van der Waals surface area contributed by atoms with Crippen molar-refractivity contribution in [3.63, 3.8) is 0 Å². The van der Waals surface area contributed by atoms with E-state index < -0.39 is 0 Å². The van der Waals surface area contributed by atoms with Gasteiger partial charge in [-0.3, -0.25) is 4.79 Å². The van der Waals surface area contributed by atoms with Crippen molar-refractivity contribution in [2.24, 2.45) is 0 Å². The minimum atomic E-state index is -0.322. The molecule has 7 heteroatoms. The third kappa shape index (κ3) is 3.29. The van der Waals surface area contributed by atoms with Gasteiger partial charge in [0.1, 0.15) is 11.6 Å². The van der Waals surface area contributed by atoms with Crippen LogP contribution >= 0.6 is 0 Å². The lowest BCUT2D eigenvalue weighted by Crippen LogP contribution is -2.07. The number of aromatic nitrogens is 4. The number of hydrogen-bond acceptors (Lipinski definition) is 5. The largest absolute Gasteiger partial charge is 0.496 e. The highest BCUT2D eigenvalue weighted by Crippen LogP contribution is 2.21. The van der Waals surface area contributed by atoms with Gasteiger partial charge in [-0.05, 0) is 54.6 Å². The number of benzene rings is 2. The van der Waals surface area contributed by atoms with Gasteiger partial charge in [-0.15, -0.1) is 10.2 Å². The fourth-order valence-corrected chi connectivity index (χ4v) is 2.30. The van der Waals surface area contributed by atoms with Crippen molar-refractivity contribution in [3.8, 4) is 17.1 Å². The Morgan fingerprint density at radius 2 is 1.96 bits per heavy atom. The molecule has 1 heterocycles. The van der Waals surface area contributed by atoms with Crippen LogP contribution < -0.4 is 4.74 Å². The van der Waals surface area contributed by atoms with E-state index in [1.54, 1.807) is 37.4 Å². The molecule has 0 aliphatic carbocycles. The van der Waals surface area contributed by atoms with Gasteiger partial charge in [-0.1, -0.05) is 0 Å². The summed E-state index contributed by atoms with van der Waals surface area (Å²) >= 11 is 0. The smallest absolute Gasteiger partial charge is 0.204 e. The zero-order chi connectivity index (χ0) is 17.1. The molecular formula is C17H15FN4O2. The lowest BCUT2D eigenvalue weighted by atomic mass is 10.1. The summed E-state index contributed by atoms with van der Waals surface area (Å²) in [6, 6.07) is 11.1. The molecule has 3 aromatic rings.